The summed E-state index contributed by atoms with van der Waals surface area (Å²) in [5, 5.41) is 0. The predicted octanol–water partition coefficient (Wildman–Crippen LogP) is 2.06. The molecule has 1 aromatic heterocycles. The van der Waals surface area contributed by atoms with Crippen LogP contribution in [0.25, 0.3) is 0 Å². The molecule has 0 atom stereocenters. The van der Waals surface area contributed by atoms with Gasteiger partial charge in [0.25, 0.3) is 0 Å². The Kier molecular flexibility index (Phi) is 3.18. The van der Waals surface area contributed by atoms with Crippen molar-refractivity contribution in [3.05, 3.63) is 23.0 Å². The number of halogens is 3. The number of aryl methyl sites for hydroxylation is 1. The molecule has 0 unspecified atom stereocenters. The summed E-state index contributed by atoms with van der Waals surface area (Å²) in [4.78, 5) is 3.79. The number of aromatic nitrogens is 1. The molecule has 0 saturated carbocycles. The SMILES string of the molecule is Cc1ncc(CN)c(C)c1OC(F)(F)F. The number of ether oxygens (including phenoxy) is 1. The van der Waals surface area contributed by atoms with E-state index in [1.165, 1.54) is 20.0 Å². The van der Waals surface area contributed by atoms with E-state index in [1.54, 1.807) is 0 Å². The molecule has 0 spiro atoms. The van der Waals surface area contributed by atoms with Gasteiger partial charge in [-0.3, -0.25) is 4.98 Å². The number of nitrogens with two attached hydrogens (primary N) is 1. The first-order chi connectivity index (χ1) is 6.85. The number of hydrogen-bond donors (Lipinski definition) is 1. The fourth-order valence-corrected chi connectivity index (χ4v) is 1.22. The lowest BCUT2D eigenvalue weighted by atomic mass is 10.1. The van der Waals surface area contributed by atoms with Crippen LogP contribution in [-0.2, 0) is 6.54 Å². The van der Waals surface area contributed by atoms with Gasteiger partial charge < -0.3 is 10.5 Å². The topological polar surface area (TPSA) is 48.1 Å². The van der Waals surface area contributed by atoms with E-state index in [4.69, 9.17) is 5.73 Å². The minimum Gasteiger partial charge on any atom is -0.404 e. The molecule has 1 aromatic rings. The predicted molar refractivity (Wildman–Crippen MR) is 48.3 cm³/mol. The van der Waals surface area contributed by atoms with Crippen LogP contribution in [-0.4, -0.2) is 11.3 Å². The van der Waals surface area contributed by atoms with Crippen molar-refractivity contribution in [2.24, 2.45) is 5.73 Å². The maximum Gasteiger partial charge on any atom is 0.573 e. The van der Waals surface area contributed by atoms with E-state index in [2.05, 4.69) is 9.72 Å². The number of pyridine rings is 1. The van der Waals surface area contributed by atoms with Gasteiger partial charge in [0, 0.05) is 12.7 Å². The molecule has 6 heteroatoms. The molecule has 0 aliphatic rings. The van der Waals surface area contributed by atoms with Crippen LogP contribution < -0.4 is 10.5 Å². The second-order valence-electron chi connectivity index (χ2n) is 3.07. The highest BCUT2D eigenvalue weighted by Crippen LogP contribution is 2.29. The minimum absolute atomic E-state index is 0.132. The zero-order valence-corrected chi connectivity index (χ0v) is 8.35. The standard InChI is InChI=1S/C9H11F3N2O/c1-5-7(3-13)4-14-6(2)8(5)15-9(10,11)12/h4H,3,13H2,1-2H3. The van der Waals surface area contributed by atoms with Gasteiger partial charge in [0.1, 0.15) is 0 Å². The number of alkyl halides is 3. The lowest BCUT2D eigenvalue weighted by molar-refractivity contribution is -0.275. The third kappa shape index (κ3) is 2.82. The van der Waals surface area contributed by atoms with Crippen LogP contribution in [0.4, 0.5) is 13.2 Å². The molecule has 84 valence electrons. The molecule has 3 nitrogen and oxygen atoms in total. The second kappa shape index (κ2) is 4.06. The van der Waals surface area contributed by atoms with Crippen LogP contribution in [0.5, 0.6) is 5.75 Å². The molecule has 0 amide bonds. The summed E-state index contributed by atoms with van der Waals surface area (Å²) < 4.78 is 40.1. The molecule has 2 N–H and O–H groups in total. The van der Waals surface area contributed by atoms with Gasteiger partial charge in [0.2, 0.25) is 0 Å². The molecule has 15 heavy (non-hydrogen) atoms. The van der Waals surface area contributed by atoms with Gasteiger partial charge >= 0.3 is 6.36 Å². The quantitative estimate of drug-likeness (QED) is 0.829. The van der Waals surface area contributed by atoms with E-state index in [0.29, 0.717) is 11.1 Å². The Labute approximate surface area is 85.1 Å². The number of hydrogen-bond acceptors (Lipinski definition) is 3. The fourth-order valence-electron chi connectivity index (χ4n) is 1.22. The summed E-state index contributed by atoms with van der Waals surface area (Å²) >= 11 is 0. The molecule has 0 fully saturated rings. The van der Waals surface area contributed by atoms with E-state index in [1.807, 2.05) is 0 Å². The Hall–Kier alpha value is -1.30. The summed E-state index contributed by atoms with van der Waals surface area (Å²) in [5.74, 6) is -0.259. The molecule has 0 bridgehead atoms. The van der Waals surface area contributed by atoms with Crippen LogP contribution >= 0.6 is 0 Å². The first kappa shape index (κ1) is 11.8. The maximum atomic E-state index is 12.1. The smallest absolute Gasteiger partial charge is 0.404 e. The third-order valence-corrected chi connectivity index (χ3v) is 2.00. The van der Waals surface area contributed by atoms with Crippen LogP contribution in [0, 0.1) is 13.8 Å². The number of nitrogens with zero attached hydrogens (tertiary/aromatic N) is 1. The maximum absolute atomic E-state index is 12.1. The number of rotatable bonds is 2. The van der Waals surface area contributed by atoms with Gasteiger partial charge in [-0.25, -0.2) is 0 Å². The second-order valence-corrected chi connectivity index (χ2v) is 3.07. The Balaban J connectivity index is 3.15. The monoisotopic (exact) mass is 220 g/mol. The highest BCUT2D eigenvalue weighted by atomic mass is 19.4. The van der Waals surface area contributed by atoms with Crippen molar-refractivity contribution in [2.75, 3.05) is 0 Å². The van der Waals surface area contributed by atoms with E-state index in [-0.39, 0.29) is 18.0 Å². The summed E-state index contributed by atoms with van der Waals surface area (Å²) in [6, 6.07) is 0. The van der Waals surface area contributed by atoms with Gasteiger partial charge in [-0.05, 0) is 25.0 Å². The summed E-state index contributed by atoms with van der Waals surface area (Å²) in [6.07, 6.45) is -3.25. The van der Waals surface area contributed by atoms with Gasteiger partial charge in [0.05, 0.1) is 5.69 Å². The largest absolute Gasteiger partial charge is 0.573 e. The van der Waals surface area contributed by atoms with Crippen molar-refractivity contribution in [2.45, 2.75) is 26.8 Å². The zero-order chi connectivity index (χ0) is 11.6. The van der Waals surface area contributed by atoms with E-state index in [9.17, 15) is 13.2 Å². The Morgan fingerprint density at radius 1 is 1.40 bits per heavy atom. The molecule has 0 aliphatic carbocycles. The summed E-state index contributed by atoms with van der Waals surface area (Å²) in [6.45, 7) is 3.11. The Morgan fingerprint density at radius 3 is 2.47 bits per heavy atom. The Bertz CT molecular complexity index is 363. The van der Waals surface area contributed by atoms with Gasteiger partial charge in [0.15, 0.2) is 5.75 Å². The van der Waals surface area contributed by atoms with Gasteiger partial charge in [-0.2, -0.15) is 0 Å². The molecule has 0 saturated heterocycles. The van der Waals surface area contributed by atoms with Crippen LogP contribution in [0.15, 0.2) is 6.20 Å². The molecule has 0 radical (unpaired) electrons. The molecular weight excluding hydrogens is 209 g/mol. The lowest BCUT2D eigenvalue weighted by Crippen LogP contribution is -2.19. The minimum atomic E-state index is -4.70. The van der Waals surface area contributed by atoms with Crippen LogP contribution in [0.1, 0.15) is 16.8 Å². The van der Waals surface area contributed by atoms with Crippen molar-refractivity contribution in [1.29, 1.82) is 0 Å². The summed E-state index contributed by atoms with van der Waals surface area (Å²) in [5.41, 5.74) is 6.47. The van der Waals surface area contributed by atoms with Crippen molar-refractivity contribution in [1.82, 2.24) is 4.98 Å². The highest BCUT2D eigenvalue weighted by Gasteiger charge is 2.33. The molecule has 1 rings (SSSR count). The van der Waals surface area contributed by atoms with E-state index in [0.717, 1.165) is 0 Å². The average molecular weight is 220 g/mol. The average Bonchev–Trinajstić information content (AvgIpc) is 2.11. The van der Waals surface area contributed by atoms with Gasteiger partial charge in [-0.1, -0.05) is 0 Å². The zero-order valence-electron chi connectivity index (χ0n) is 8.35. The molecular formula is C9H11F3N2O. The van der Waals surface area contributed by atoms with Crippen molar-refractivity contribution in [3.63, 3.8) is 0 Å². The van der Waals surface area contributed by atoms with E-state index < -0.39 is 6.36 Å². The van der Waals surface area contributed by atoms with Crippen molar-refractivity contribution < 1.29 is 17.9 Å². The Morgan fingerprint density at radius 2 is 2.00 bits per heavy atom. The van der Waals surface area contributed by atoms with Gasteiger partial charge in [-0.15, -0.1) is 13.2 Å². The normalized spacial score (nSPS) is 11.6. The van der Waals surface area contributed by atoms with Crippen molar-refractivity contribution in [3.8, 4) is 5.75 Å². The highest BCUT2D eigenvalue weighted by molar-refractivity contribution is 5.40. The van der Waals surface area contributed by atoms with Crippen LogP contribution in [0.3, 0.4) is 0 Å². The molecule has 0 aromatic carbocycles. The third-order valence-electron chi connectivity index (χ3n) is 2.00. The summed E-state index contributed by atoms with van der Waals surface area (Å²) in [7, 11) is 0. The molecule has 1 heterocycles. The van der Waals surface area contributed by atoms with Crippen LogP contribution in [0.2, 0.25) is 0 Å². The lowest BCUT2D eigenvalue weighted by Gasteiger charge is -2.15. The first-order valence-corrected chi connectivity index (χ1v) is 4.26. The fraction of sp³-hybridized carbons (Fsp3) is 0.444. The molecule has 0 aliphatic heterocycles. The van der Waals surface area contributed by atoms with E-state index >= 15 is 0 Å². The first-order valence-electron chi connectivity index (χ1n) is 4.26. The van der Waals surface area contributed by atoms with Crippen molar-refractivity contribution >= 4 is 0 Å².